The third kappa shape index (κ3) is 2.66. The highest BCUT2D eigenvalue weighted by Crippen LogP contribution is 2.32. The maximum absolute atomic E-state index is 12.2. The van der Waals surface area contributed by atoms with Crippen LogP contribution < -0.4 is 9.46 Å². The van der Waals surface area contributed by atoms with Crippen molar-refractivity contribution in [1.82, 2.24) is 19.7 Å². The summed E-state index contributed by atoms with van der Waals surface area (Å²) in [6.07, 6.45) is 0. The van der Waals surface area contributed by atoms with Gasteiger partial charge in [-0.15, -0.1) is 15.0 Å². The first-order valence-electron chi connectivity index (χ1n) is 6.91. The quantitative estimate of drug-likeness (QED) is 0.785. The van der Waals surface area contributed by atoms with Gasteiger partial charge in [0.2, 0.25) is 10.0 Å². The lowest BCUT2D eigenvalue weighted by molar-refractivity contribution is 0.397. The molecule has 2 aromatic carbocycles. The van der Waals surface area contributed by atoms with Gasteiger partial charge in [-0.2, -0.15) is 0 Å². The van der Waals surface area contributed by atoms with Crippen LogP contribution in [0, 0.1) is 6.92 Å². The first-order chi connectivity index (χ1) is 11.0. The fraction of sp³-hybridized carbons (Fsp3) is 0.200. The van der Waals surface area contributed by atoms with Crippen LogP contribution >= 0.6 is 0 Å². The molecule has 0 aliphatic carbocycles. The lowest BCUT2D eigenvalue weighted by atomic mass is 10.2. The number of sulfonamides is 1. The number of aromatic nitrogens is 3. The summed E-state index contributed by atoms with van der Waals surface area (Å²) >= 11 is 0. The topological polar surface area (TPSA) is 86.1 Å². The van der Waals surface area contributed by atoms with E-state index in [1.807, 2.05) is 24.3 Å². The normalized spacial score (nSPS) is 11.8. The molecule has 0 aliphatic heterocycles. The minimum atomic E-state index is -3.67. The summed E-state index contributed by atoms with van der Waals surface area (Å²) in [6.45, 7) is 1.81. The Labute approximate surface area is 133 Å². The van der Waals surface area contributed by atoms with Crippen LogP contribution in [0.25, 0.3) is 16.7 Å². The van der Waals surface area contributed by atoms with Crippen molar-refractivity contribution in [3.63, 3.8) is 0 Å². The molecule has 23 heavy (non-hydrogen) atoms. The molecule has 1 heterocycles. The summed E-state index contributed by atoms with van der Waals surface area (Å²) in [5.41, 5.74) is 2.66. The SMILES string of the molecule is CNS(=O)(=O)c1cc(C)cc(-n2nc3ccccc3n2)c1OC. The van der Waals surface area contributed by atoms with Gasteiger partial charge < -0.3 is 4.74 Å². The zero-order valence-electron chi connectivity index (χ0n) is 12.9. The standard InChI is InChI=1S/C15H16N4O3S/c1-10-8-13(15(22-3)14(9-10)23(20,21)16-2)19-17-11-6-4-5-7-12(11)18-19/h4-9,16H,1-3H3. The van der Waals surface area contributed by atoms with Gasteiger partial charge in [0.05, 0.1) is 7.11 Å². The molecule has 1 aromatic heterocycles. The molecule has 0 amide bonds. The van der Waals surface area contributed by atoms with Crippen molar-refractivity contribution >= 4 is 21.1 Å². The summed E-state index contributed by atoms with van der Waals surface area (Å²) in [4.78, 5) is 1.45. The molecule has 0 spiro atoms. The van der Waals surface area contributed by atoms with E-state index in [9.17, 15) is 8.42 Å². The summed E-state index contributed by atoms with van der Waals surface area (Å²) in [5.74, 6) is 0.199. The van der Waals surface area contributed by atoms with Crippen LogP contribution in [-0.2, 0) is 10.0 Å². The van der Waals surface area contributed by atoms with Crippen LogP contribution in [-0.4, -0.2) is 37.6 Å². The molecule has 3 rings (SSSR count). The van der Waals surface area contributed by atoms with Crippen molar-refractivity contribution in [2.24, 2.45) is 0 Å². The zero-order valence-corrected chi connectivity index (χ0v) is 13.8. The van der Waals surface area contributed by atoms with E-state index in [2.05, 4.69) is 14.9 Å². The van der Waals surface area contributed by atoms with E-state index in [0.29, 0.717) is 16.7 Å². The van der Waals surface area contributed by atoms with Gasteiger partial charge in [0.15, 0.2) is 5.75 Å². The number of hydrogen-bond donors (Lipinski definition) is 1. The minimum absolute atomic E-state index is 0.0545. The number of aryl methyl sites for hydroxylation is 1. The van der Waals surface area contributed by atoms with Gasteiger partial charge in [-0.25, -0.2) is 13.1 Å². The molecular weight excluding hydrogens is 316 g/mol. The van der Waals surface area contributed by atoms with Crippen LogP contribution in [0.4, 0.5) is 0 Å². The highest BCUT2D eigenvalue weighted by atomic mass is 32.2. The summed E-state index contributed by atoms with van der Waals surface area (Å²) in [6, 6.07) is 10.7. The Morgan fingerprint density at radius 3 is 2.26 bits per heavy atom. The maximum atomic E-state index is 12.2. The Kier molecular flexibility index (Phi) is 3.78. The van der Waals surface area contributed by atoms with E-state index in [0.717, 1.165) is 5.56 Å². The molecular formula is C15H16N4O3S. The van der Waals surface area contributed by atoms with Crippen molar-refractivity contribution in [3.05, 3.63) is 42.0 Å². The highest BCUT2D eigenvalue weighted by molar-refractivity contribution is 7.89. The van der Waals surface area contributed by atoms with E-state index in [1.165, 1.54) is 19.0 Å². The first-order valence-corrected chi connectivity index (χ1v) is 8.39. The summed E-state index contributed by atoms with van der Waals surface area (Å²) < 4.78 is 32.2. The Morgan fingerprint density at radius 2 is 1.74 bits per heavy atom. The van der Waals surface area contributed by atoms with Gasteiger partial charge >= 0.3 is 0 Å². The lowest BCUT2D eigenvalue weighted by Gasteiger charge is -2.14. The number of ether oxygens (including phenoxy) is 1. The zero-order chi connectivity index (χ0) is 16.6. The monoisotopic (exact) mass is 332 g/mol. The fourth-order valence-corrected chi connectivity index (χ4v) is 3.35. The van der Waals surface area contributed by atoms with Gasteiger partial charge in [-0.3, -0.25) is 0 Å². The Balaban J connectivity index is 2.30. The van der Waals surface area contributed by atoms with E-state index in [4.69, 9.17) is 4.74 Å². The smallest absolute Gasteiger partial charge is 0.244 e. The predicted molar refractivity (Wildman–Crippen MR) is 86.4 cm³/mol. The molecule has 7 nitrogen and oxygen atoms in total. The molecule has 1 N–H and O–H groups in total. The highest BCUT2D eigenvalue weighted by Gasteiger charge is 2.23. The molecule has 0 saturated carbocycles. The minimum Gasteiger partial charge on any atom is -0.493 e. The van der Waals surface area contributed by atoms with Crippen molar-refractivity contribution in [2.75, 3.05) is 14.2 Å². The number of nitrogens with one attached hydrogen (secondary N) is 1. The van der Waals surface area contributed by atoms with Crippen LogP contribution in [0.1, 0.15) is 5.56 Å². The second-order valence-electron chi connectivity index (χ2n) is 5.00. The van der Waals surface area contributed by atoms with Gasteiger partial charge in [0, 0.05) is 0 Å². The number of rotatable bonds is 4. The van der Waals surface area contributed by atoms with E-state index >= 15 is 0 Å². The number of hydrogen-bond acceptors (Lipinski definition) is 5. The summed E-state index contributed by atoms with van der Waals surface area (Å²) in [7, 11) is -0.887. The molecule has 8 heteroatoms. The second-order valence-corrected chi connectivity index (χ2v) is 6.86. The molecule has 0 radical (unpaired) electrons. The van der Waals surface area contributed by atoms with Gasteiger partial charge in [-0.1, -0.05) is 12.1 Å². The third-order valence-electron chi connectivity index (χ3n) is 3.44. The van der Waals surface area contributed by atoms with Crippen molar-refractivity contribution < 1.29 is 13.2 Å². The van der Waals surface area contributed by atoms with Gasteiger partial charge in [-0.05, 0) is 43.8 Å². The number of nitrogens with zero attached hydrogens (tertiary/aromatic N) is 3. The number of methoxy groups -OCH3 is 1. The Morgan fingerprint density at radius 1 is 1.13 bits per heavy atom. The van der Waals surface area contributed by atoms with Crippen molar-refractivity contribution in [1.29, 1.82) is 0 Å². The third-order valence-corrected chi connectivity index (χ3v) is 4.86. The Bertz CT molecular complexity index is 947. The van der Waals surface area contributed by atoms with Crippen LogP contribution in [0.2, 0.25) is 0 Å². The maximum Gasteiger partial charge on any atom is 0.244 e. The Hall–Kier alpha value is -2.45. The molecule has 0 saturated heterocycles. The average molecular weight is 332 g/mol. The van der Waals surface area contributed by atoms with Crippen LogP contribution in [0.3, 0.4) is 0 Å². The van der Waals surface area contributed by atoms with Crippen molar-refractivity contribution in [3.8, 4) is 11.4 Å². The van der Waals surface area contributed by atoms with E-state index in [-0.39, 0.29) is 10.6 Å². The molecule has 0 aliphatic rings. The van der Waals surface area contributed by atoms with Crippen LogP contribution in [0.15, 0.2) is 41.3 Å². The van der Waals surface area contributed by atoms with E-state index < -0.39 is 10.0 Å². The van der Waals surface area contributed by atoms with Crippen molar-refractivity contribution in [2.45, 2.75) is 11.8 Å². The molecule has 3 aromatic rings. The van der Waals surface area contributed by atoms with Gasteiger partial charge in [0.1, 0.15) is 21.6 Å². The second kappa shape index (κ2) is 5.64. The molecule has 0 atom stereocenters. The lowest BCUT2D eigenvalue weighted by Crippen LogP contribution is -2.20. The average Bonchev–Trinajstić information content (AvgIpc) is 2.98. The molecule has 0 unspecified atom stereocenters. The van der Waals surface area contributed by atoms with E-state index in [1.54, 1.807) is 19.1 Å². The first kappa shape index (κ1) is 15.4. The van der Waals surface area contributed by atoms with Gasteiger partial charge in [0.25, 0.3) is 0 Å². The largest absolute Gasteiger partial charge is 0.493 e. The number of benzene rings is 2. The molecule has 0 bridgehead atoms. The molecule has 0 fully saturated rings. The molecule has 120 valence electrons. The van der Waals surface area contributed by atoms with Crippen LogP contribution in [0.5, 0.6) is 5.75 Å². The predicted octanol–water partition coefficient (Wildman–Crippen LogP) is 1.65. The fourth-order valence-electron chi connectivity index (χ4n) is 2.35. The summed E-state index contributed by atoms with van der Waals surface area (Å²) in [5, 5.41) is 8.78. The number of fused-ring (bicyclic) bond motifs is 1.